The van der Waals surface area contributed by atoms with E-state index in [0.29, 0.717) is 0 Å². The fourth-order valence-electron chi connectivity index (χ4n) is 1.09. The topological polar surface area (TPSA) is 24.9 Å². The van der Waals surface area contributed by atoms with Gasteiger partial charge in [-0.25, -0.2) is 4.98 Å². The summed E-state index contributed by atoms with van der Waals surface area (Å²) >= 11 is 3.41. The van der Waals surface area contributed by atoms with Crippen LogP contribution in [0.25, 0.3) is 10.6 Å². The number of nitrogens with zero attached hydrogens (tertiary/aromatic N) is 1. The number of rotatable bonds is 3. The smallest absolute Gasteiger partial charge is 0.124 e. The van der Waals surface area contributed by atoms with E-state index in [9.17, 15) is 0 Å². The molecule has 2 aromatic rings. The Kier molecular flexibility index (Phi) is 2.73. The van der Waals surface area contributed by atoms with Crippen molar-refractivity contribution in [2.45, 2.75) is 6.54 Å². The molecule has 0 bridgehead atoms. The second kappa shape index (κ2) is 4.00. The molecule has 1 N–H and O–H groups in total. The number of nitrogens with one attached hydrogen (secondary N) is 1. The van der Waals surface area contributed by atoms with E-state index in [0.717, 1.165) is 17.2 Å². The lowest BCUT2D eigenvalue weighted by Crippen LogP contribution is -2.04. The summed E-state index contributed by atoms with van der Waals surface area (Å²) in [5, 5.41) is 10.5. The van der Waals surface area contributed by atoms with Crippen molar-refractivity contribution < 1.29 is 0 Å². The van der Waals surface area contributed by atoms with E-state index in [-0.39, 0.29) is 0 Å². The Morgan fingerprint density at radius 1 is 1.46 bits per heavy atom. The van der Waals surface area contributed by atoms with Gasteiger partial charge < -0.3 is 5.32 Å². The number of thiazole rings is 1. The molecule has 2 heterocycles. The first-order chi connectivity index (χ1) is 6.40. The van der Waals surface area contributed by atoms with Gasteiger partial charge in [0.25, 0.3) is 0 Å². The molecule has 0 amide bonds. The SMILES string of the molecule is CNCc1csc(-c2ccsc2)n1. The average molecular weight is 210 g/mol. The van der Waals surface area contributed by atoms with Crippen molar-refractivity contribution in [3.05, 3.63) is 27.9 Å². The average Bonchev–Trinajstić information content (AvgIpc) is 2.70. The van der Waals surface area contributed by atoms with Crippen molar-refractivity contribution in [1.82, 2.24) is 10.3 Å². The summed E-state index contributed by atoms with van der Waals surface area (Å²) in [5.74, 6) is 0. The first kappa shape index (κ1) is 8.87. The zero-order valence-electron chi connectivity index (χ0n) is 7.28. The van der Waals surface area contributed by atoms with Crippen LogP contribution in [0.15, 0.2) is 22.2 Å². The van der Waals surface area contributed by atoms with Crippen molar-refractivity contribution in [3.8, 4) is 10.6 Å². The van der Waals surface area contributed by atoms with Gasteiger partial charge in [0, 0.05) is 22.9 Å². The van der Waals surface area contributed by atoms with Gasteiger partial charge in [0.05, 0.1) is 5.69 Å². The third-order valence-corrected chi connectivity index (χ3v) is 3.30. The zero-order chi connectivity index (χ0) is 9.10. The lowest BCUT2D eigenvalue weighted by molar-refractivity contribution is 0.798. The van der Waals surface area contributed by atoms with Gasteiger partial charge in [-0.05, 0) is 18.5 Å². The molecule has 0 aliphatic carbocycles. The molecule has 0 radical (unpaired) electrons. The minimum atomic E-state index is 0.848. The summed E-state index contributed by atoms with van der Waals surface area (Å²) < 4.78 is 0. The molecule has 0 aromatic carbocycles. The van der Waals surface area contributed by atoms with Gasteiger partial charge in [-0.15, -0.1) is 11.3 Å². The van der Waals surface area contributed by atoms with E-state index in [2.05, 4.69) is 32.5 Å². The Morgan fingerprint density at radius 3 is 3.08 bits per heavy atom. The lowest BCUT2D eigenvalue weighted by atomic mass is 10.3. The lowest BCUT2D eigenvalue weighted by Gasteiger charge is -1.91. The van der Waals surface area contributed by atoms with Crippen molar-refractivity contribution in [1.29, 1.82) is 0 Å². The van der Waals surface area contributed by atoms with Gasteiger partial charge in [0.2, 0.25) is 0 Å². The maximum absolute atomic E-state index is 4.51. The van der Waals surface area contributed by atoms with Crippen molar-refractivity contribution in [2.75, 3.05) is 7.05 Å². The molecule has 0 saturated heterocycles. The Labute approximate surface area is 85.3 Å². The Morgan fingerprint density at radius 2 is 2.38 bits per heavy atom. The predicted molar refractivity (Wildman–Crippen MR) is 58.2 cm³/mol. The van der Waals surface area contributed by atoms with Gasteiger partial charge >= 0.3 is 0 Å². The van der Waals surface area contributed by atoms with E-state index in [1.807, 2.05) is 7.05 Å². The molecule has 0 aliphatic heterocycles. The van der Waals surface area contributed by atoms with E-state index < -0.39 is 0 Å². The number of hydrogen-bond acceptors (Lipinski definition) is 4. The molecule has 0 aliphatic rings. The molecule has 0 unspecified atom stereocenters. The summed E-state index contributed by atoms with van der Waals surface area (Å²) in [4.78, 5) is 4.51. The Bertz CT molecular complexity index is 365. The summed E-state index contributed by atoms with van der Waals surface area (Å²) in [6.45, 7) is 0.848. The van der Waals surface area contributed by atoms with E-state index in [4.69, 9.17) is 0 Å². The third kappa shape index (κ3) is 1.96. The summed E-state index contributed by atoms with van der Waals surface area (Å²) in [7, 11) is 1.93. The molecule has 13 heavy (non-hydrogen) atoms. The molecule has 2 rings (SSSR count). The molecule has 4 heteroatoms. The van der Waals surface area contributed by atoms with Crippen molar-refractivity contribution in [3.63, 3.8) is 0 Å². The molecule has 0 spiro atoms. The van der Waals surface area contributed by atoms with Crippen LogP contribution in [0.4, 0.5) is 0 Å². The maximum Gasteiger partial charge on any atom is 0.124 e. The summed E-state index contributed by atoms with van der Waals surface area (Å²) in [6.07, 6.45) is 0. The Hall–Kier alpha value is -0.710. The van der Waals surface area contributed by atoms with Crippen LogP contribution in [0.5, 0.6) is 0 Å². The van der Waals surface area contributed by atoms with Crippen LogP contribution < -0.4 is 5.32 Å². The van der Waals surface area contributed by atoms with E-state index in [1.54, 1.807) is 22.7 Å². The first-order valence-electron chi connectivity index (χ1n) is 4.01. The number of aromatic nitrogens is 1. The van der Waals surface area contributed by atoms with Crippen molar-refractivity contribution in [2.24, 2.45) is 0 Å². The van der Waals surface area contributed by atoms with Gasteiger partial charge in [-0.1, -0.05) is 0 Å². The van der Waals surface area contributed by atoms with Gasteiger partial charge in [0.15, 0.2) is 0 Å². The first-order valence-corrected chi connectivity index (χ1v) is 5.84. The second-order valence-electron chi connectivity index (χ2n) is 2.69. The van der Waals surface area contributed by atoms with E-state index in [1.165, 1.54) is 5.56 Å². The molecular formula is C9H10N2S2. The zero-order valence-corrected chi connectivity index (χ0v) is 8.91. The van der Waals surface area contributed by atoms with Gasteiger partial charge in [0.1, 0.15) is 5.01 Å². The highest BCUT2D eigenvalue weighted by Crippen LogP contribution is 2.25. The normalized spacial score (nSPS) is 10.5. The fraction of sp³-hybridized carbons (Fsp3) is 0.222. The molecule has 68 valence electrons. The minimum absolute atomic E-state index is 0.848. The van der Waals surface area contributed by atoms with Crippen molar-refractivity contribution >= 4 is 22.7 Å². The molecule has 2 nitrogen and oxygen atoms in total. The molecule has 0 fully saturated rings. The third-order valence-electron chi connectivity index (χ3n) is 1.68. The van der Waals surface area contributed by atoms with Gasteiger partial charge in [-0.2, -0.15) is 11.3 Å². The maximum atomic E-state index is 4.51. The Balaban J connectivity index is 2.23. The van der Waals surface area contributed by atoms with E-state index >= 15 is 0 Å². The number of hydrogen-bond donors (Lipinski definition) is 1. The van der Waals surface area contributed by atoms with Crippen LogP contribution in [0, 0.1) is 0 Å². The van der Waals surface area contributed by atoms with Gasteiger partial charge in [-0.3, -0.25) is 0 Å². The van der Waals surface area contributed by atoms with Crippen LogP contribution in [0.2, 0.25) is 0 Å². The molecular weight excluding hydrogens is 200 g/mol. The quantitative estimate of drug-likeness (QED) is 0.842. The fourth-order valence-corrected chi connectivity index (χ4v) is 2.62. The van der Waals surface area contributed by atoms with Crippen LogP contribution in [-0.4, -0.2) is 12.0 Å². The monoisotopic (exact) mass is 210 g/mol. The van der Waals surface area contributed by atoms with Crippen LogP contribution in [-0.2, 0) is 6.54 Å². The highest BCUT2D eigenvalue weighted by molar-refractivity contribution is 7.14. The van der Waals surface area contributed by atoms with Crippen LogP contribution >= 0.6 is 22.7 Å². The second-order valence-corrected chi connectivity index (χ2v) is 4.32. The molecule has 2 aromatic heterocycles. The molecule has 0 saturated carbocycles. The summed E-state index contributed by atoms with van der Waals surface area (Å²) in [6, 6.07) is 2.10. The molecule has 0 atom stereocenters. The predicted octanol–water partition coefficient (Wildman–Crippen LogP) is 2.59. The largest absolute Gasteiger partial charge is 0.314 e. The van der Waals surface area contributed by atoms with Crippen LogP contribution in [0.3, 0.4) is 0 Å². The highest BCUT2D eigenvalue weighted by atomic mass is 32.1. The minimum Gasteiger partial charge on any atom is -0.314 e. The standard InChI is InChI=1S/C9H10N2S2/c1-10-4-8-6-13-9(11-8)7-2-3-12-5-7/h2-3,5-6,10H,4H2,1H3. The number of thiophene rings is 1. The highest BCUT2D eigenvalue weighted by Gasteiger charge is 2.03. The summed E-state index contributed by atoms with van der Waals surface area (Å²) in [5.41, 5.74) is 2.35. The van der Waals surface area contributed by atoms with Crippen LogP contribution in [0.1, 0.15) is 5.69 Å².